The lowest BCUT2D eigenvalue weighted by Gasteiger charge is -1.96. The van der Waals surface area contributed by atoms with Gasteiger partial charge >= 0.3 is 5.97 Å². The number of aromatic carboxylic acids is 1. The molecule has 66 valence electrons. The number of nitrogens with zero attached hydrogens (tertiary/aromatic N) is 1. The van der Waals surface area contributed by atoms with E-state index in [9.17, 15) is 4.79 Å². The lowest BCUT2D eigenvalue weighted by molar-refractivity contribution is 0.0692. The van der Waals surface area contributed by atoms with Crippen molar-refractivity contribution in [2.24, 2.45) is 0 Å². The van der Waals surface area contributed by atoms with Gasteiger partial charge in [-0.1, -0.05) is 6.92 Å². The number of hydrogen-bond donors (Lipinski definition) is 2. The minimum absolute atomic E-state index is 0.125. The minimum Gasteiger partial charge on any atom is -0.481 e. The highest BCUT2D eigenvalue weighted by Crippen LogP contribution is 2.18. The number of carbonyl (C=O) groups is 1. The Bertz CT molecular complexity index is 271. The van der Waals surface area contributed by atoms with E-state index in [-0.39, 0.29) is 11.4 Å². The average molecular weight is 170 g/mol. The molecule has 0 aromatic carbocycles. The van der Waals surface area contributed by atoms with Gasteiger partial charge in [0.25, 0.3) is 0 Å². The van der Waals surface area contributed by atoms with E-state index in [1.54, 1.807) is 0 Å². The highest BCUT2D eigenvalue weighted by Gasteiger charge is 2.18. The van der Waals surface area contributed by atoms with E-state index in [0.717, 1.165) is 0 Å². The summed E-state index contributed by atoms with van der Waals surface area (Å²) in [4.78, 5) is 10.7. The second kappa shape index (κ2) is 3.25. The second-order valence-corrected chi connectivity index (χ2v) is 2.24. The highest BCUT2D eigenvalue weighted by molar-refractivity contribution is 5.91. The first-order valence-electron chi connectivity index (χ1n) is 3.55. The molecule has 0 amide bonds. The summed E-state index contributed by atoms with van der Waals surface area (Å²) in [5, 5.41) is 15.1. The molecule has 0 spiro atoms. The Morgan fingerprint density at radius 3 is 2.83 bits per heavy atom. The molecule has 12 heavy (non-hydrogen) atoms. The third kappa shape index (κ3) is 1.25. The molecule has 5 nitrogen and oxygen atoms in total. The number of aromatic nitrogens is 2. The summed E-state index contributed by atoms with van der Waals surface area (Å²) in [6.45, 7) is 1.84. The smallest absolute Gasteiger partial charge is 0.343 e. The number of H-pyrrole nitrogens is 1. The maximum atomic E-state index is 10.7. The third-order valence-corrected chi connectivity index (χ3v) is 1.56. The molecule has 0 aliphatic carbocycles. The van der Waals surface area contributed by atoms with Crippen LogP contribution in [0.1, 0.15) is 23.0 Å². The van der Waals surface area contributed by atoms with Gasteiger partial charge in [0.1, 0.15) is 5.56 Å². The second-order valence-electron chi connectivity index (χ2n) is 2.24. The van der Waals surface area contributed by atoms with Crippen molar-refractivity contribution in [1.82, 2.24) is 10.2 Å². The Balaban J connectivity index is 3.16. The fourth-order valence-corrected chi connectivity index (χ4v) is 0.985. The van der Waals surface area contributed by atoms with Crippen LogP contribution in [0.3, 0.4) is 0 Å². The topological polar surface area (TPSA) is 75.2 Å². The summed E-state index contributed by atoms with van der Waals surface area (Å²) in [6, 6.07) is 0. The predicted octanol–water partition coefficient (Wildman–Crippen LogP) is 0.679. The van der Waals surface area contributed by atoms with E-state index in [1.807, 2.05) is 6.92 Å². The van der Waals surface area contributed by atoms with Crippen molar-refractivity contribution in [1.29, 1.82) is 0 Å². The van der Waals surface area contributed by atoms with Crippen molar-refractivity contribution in [3.8, 4) is 5.88 Å². The van der Waals surface area contributed by atoms with Crippen LogP contribution < -0.4 is 4.74 Å². The van der Waals surface area contributed by atoms with Gasteiger partial charge in [-0.05, 0) is 6.42 Å². The molecule has 0 radical (unpaired) electrons. The van der Waals surface area contributed by atoms with Gasteiger partial charge in [0.15, 0.2) is 0 Å². The van der Waals surface area contributed by atoms with Crippen LogP contribution in [0.25, 0.3) is 0 Å². The zero-order valence-corrected chi connectivity index (χ0v) is 6.92. The van der Waals surface area contributed by atoms with Crippen LogP contribution in [0.5, 0.6) is 5.88 Å². The van der Waals surface area contributed by atoms with Crippen LogP contribution in [-0.4, -0.2) is 28.4 Å². The molecule has 2 N–H and O–H groups in total. The molecular weight excluding hydrogens is 160 g/mol. The van der Waals surface area contributed by atoms with Gasteiger partial charge in [-0.2, -0.15) is 5.10 Å². The fourth-order valence-electron chi connectivity index (χ4n) is 0.985. The van der Waals surface area contributed by atoms with E-state index < -0.39 is 5.97 Å². The summed E-state index contributed by atoms with van der Waals surface area (Å²) >= 11 is 0. The summed E-state index contributed by atoms with van der Waals surface area (Å²) in [7, 11) is 1.40. The van der Waals surface area contributed by atoms with Gasteiger partial charge in [0.05, 0.1) is 12.8 Å². The normalized spacial score (nSPS) is 9.83. The van der Waals surface area contributed by atoms with Gasteiger partial charge in [0, 0.05) is 0 Å². The molecule has 1 aromatic rings. The molecular formula is C7H10N2O3. The zero-order chi connectivity index (χ0) is 9.14. The number of aromatic amines is 1. The molecule has 1 aromatic heterocycles. The number of carboxylic acids is 1. The maximum Gasteiger partial charge on any atom is 0.343 e. The van der Waals surface area contributed by atoms with E-state index in [0.29, 0.717) is 12.1 Å². The Morgan fingerprint density at radius 1 is 1.75 bits per heavy atom. The number of ether oxygens (including phenoxy) is 1. The van der Waals surface area contributed by atoms with Crippen LogP contribution in [0.4, 0.5) is 0 Å². The van der Waals surface area contributed by atoms with E-state index in [4.69, 9.17) is 9.84 Å². The van der Waals surface area contributed by atoms with Gasteiger partial charge in [-0.25, -0.2) is 9.89 Å². The molecule has 0 bridgehead atoms. The monoisotopic (exact) mass is 170 g/mol. The summed E-state index contributed by atoms with van der Waals surface area (Å²) < 4.78 is 4.79. The molecule has 0 aliphatic rings. The molecule has 0 aliphatic heterocycles. The minimum atomic E-state index is -1.02. The predicted molar refractivity (Wildman–Crippen MR) is 41.5 cm³/mol. The van der Waals surface area contributed by atoms with E-state index >= 15 is 0 Å². The Morgan fingerprint density at radius 2 is 2.42 bits per heavy atom. The first-order valence-corrected chi connectivity index (χ1v) is 3.55. The quantitative estimate of drug-likeness (QED) is 0.699. The molecule has 1 rings (SSSR count). The number of methoxy groups -OCH3 is 1. The molecule has 0 fully saturated rings. The molecule has 0 atom stereocenters. The van der Waals surface area contributed by atoms with Crippen molar-refractivity contribution in [3.63, 3.8) is 0 Å². The fraction of sp³-hybridized carbons (Fsp3) is 0.429. The molecule has 0 saturated heterocycles. The average Bonchev–Trinajstić information content (AvgIpc) is 2.46. The Kier molecular flexibility index (Phi) is 2.32. The van der Waals surface area contributed by atoms with E-state index in [1.165, 1.54) is 7.11 Å². The van der Waals surface area contributed by atoms with Crippen molar-refractivity contribution >= 4 is 5.97 Å². The van der Waals surface area contributed by atoms with Gasteiger partial charge in [0.2, 0.25) is 5.88 Å². The van der Waals surface area contributed by atoms with Crippen molar-refractivity contribution in [3.05, 3.63) is 11.3 Å². The first kappa shape index (κ1) is 8.58. The molecule has 1 heterocycles. The lowest BCUT2D eigenvalue weighted by Crippen LogP contribution is -2.01. The zero-order valence-electron chi connectivity index (χ0n) is 6.92. The van der Waals surface area contributed by atoms with Crippen LogP contribution in [0, 0.1) is 0 Å². The number of rotatable bonds is 3. The van der Waals surface area contributed by atoms with Gasteiger partial charge in [-0.15, -0.1) is 0 Å². The maximum absolute atomic E-state index is 10.7. The summed E-state index contributed by atoms with van der Waals surface area (Å²) in [5.41, 5.74) is 0.638. The van der Waals surface area contributed by atoms with Crippen molar-refractivity contribution < 1.29 is 14.6 Å². The van der Waals surface area contributed by atoms with Crippen molar-refractivity contribution in [2.75, 3.05) is 7.11 Å². The third-order valence-electron chi connectivity index (χ3n) is 1.56. The number of hydrogen-bond acceptors (Lipinski definition) is 3. The SMILES string of the molecule is CCc1n[nH]c(OC)c1C(=O)O. The van der Waals surface area contributed by atoms with Gasteiger partial charge in [-0.3, -0.25) is 0 Å². The van der Waals surface area contributed by atoms with Crippen LogP contribution in [-0.2, 0) is 6.42 Å². The number of carboxylic acid groups (broad SMARTS) is 1. The van der Waals surface area contributed by atoms with Crippen LogP contribution in [0.15, 0.2) is 0 Å². The summed E-state index contributed by atoms with van der Waals surface area (Å²) in [5.74, 6) is -0.809. The first-order chi connectivity index (χ1) is 5.70. The van der Waals surface area contributed by atoms with Crippen LogP contribution >= 0.6 is 0 Å². The van der Waals surface area contributed by atoms with Gasteiger partial charge < -0.3 is 9.84 Å². The summed E-state index contributed by atoms with van der Waals surface area (Å²) in [6.07, 6.45) is 0.571. The molecule has 5 heteroatoms. The Hall–Kier alpha value is -1.52. The number of nitrogens with one attached hydrogen (secondary N) is 1. The van der Waals surface area contributed by atoms with Crippen molar-refractivity contribution in [2.45, 2.75) is 13.3 Å². The molecule has 0 unspecified atom stereocenters. The number of aryl methyl sites for hydroxylation is 1. The van der Waals surface area contributed by atoms with E-state index in [2.05, 4.69) is 10.2 Å². The molecule has 0 saturated carbocycles. The highest BCUT2D eigenvalue weighted by atomic mass is 16.5. The Labute approximate surface area is 69.4 Å². The standard InChI is InChI=1S/C7H10N2O3/c1-3-4-5(7(10)11)6(12-2)9-8-4/h3H2,1-2H3,(H,8,9)(H,10,11). The largest absolute Gasteiger partial charge is 0.481 e. The van der Waals surface area contributed by atoms with Crippen LogP contribution in [0.2, 0.25) is 0 Å². The lowest BCUT2D eigenvalue weighted by atomic mass is 10.2.